The fourth-order valence-electron chi connectivity index (χ4n) is 9.41. The predicted octanol–water partition coefficient (Wildman–Crippen LogP) is 12.9. The van der Waals surface area contributed by atoms with Gasteiger partial charge in [0.2, 0.25) is 0 Å². The van der Waals surface area contributed by atoms with E-state index in [0.717, 1.165) is 61.3 Å². The Bertz CT molecular complexity index is 3180. The third kappa shape index (κ3) is 6.35. The first-order chi connectivity index (χ1) is 30.3. The number of furan rings is 1. The first-order valence-electron chi connectivity index (χ1n) is 20.9. The van der Waals surface area contributed by atoms with Crippen LogP contribution in [0.5, 0.6) is 0 Å². The molecule has 288 valence electrons. The summed E-state index contributed by atoms with van der Waals surface area (Å²) in [5.74, 6) is 0. The lowest BCUT2D eigenvalue weighted by atomic mass is 9.94. The molecule has 0 saturated heterocycles. The first-order valence-corrected chi connectivity index (χ1v) is 22.9. The molecule has 0 N–H and O–H groups in total. The SMILES string of the molecule is c1ccc(-c2cc(-c3ccc4ccc5oc6ccccc6c5c4c3)ccc2N(c2ccccc2)c2ccc([Si](c3ccccc3)(c3ccccc3)c3ccccc3)cc2)cc1. The van der Waals surface area contributed by atoms with Gasteiger partial charge in [0.25, 0.3) is 0 Å². The Morgan fingerprint density at radius 1 is 0.328 bits per heavy atom. The molecule has 0 bridgehead atoms. The van der Waals surface area contributed by atoms with E-state index >= 15 is 0 Å². The zero-order valence-electron chi connectivity index (χ0n) is 33.5. The van der Waals surface area contributed by atoms with E-state index in [9.17, 15) is 0 Å². The zero-order valence-corrected chi connectivity index (χ0v) is 34.5. The van der Waals surface area contributed by atoms with E-state index in [4.69, 9.17) is 4.42 Å². The lowest BCUT2D eigenvalue weighted by molar-refractivity contribution is 0.669. The van der Waals surface area contributed by atoms with Crippen molar-refractivity contribution in [1.82, 2.24) is 0 Å². The Kier molecular flexibility index (Phi) is 9.22. The fraction of sp³-hybridized carbons (Fsp3) is 0. The Hall–Kier alpha value is -7.72. The molecular formula is C58H41NOSi. The molecule has 61 heavy (non-hydrogen) atoms. The molecule has 0 fully saturated rings. The van der Waals surface area contributed by atoms with Crippen LogP contribution in [0.4, 0.5) is 17.1 Å². The lowest BCUT2D eigenvalue weighted by Crippen LogP contribution is -2.74. The minimum Gasteiger partial charge on any atom is -0.456 e. The van der Waals surface area contributed by atoms with Gasteiger partial charge in [-0.25, -0.2) is 0 Å². The summed E-state index contributed by atoms with van der Waals surface area (Å²) < 4.78 is 6.30. The topological polar surface area (TPSA) is 16.4 Å². The summed E-state index contributed by atoms with van der Waals surface area (Å²) in [5, 5.41) is 10.1. The summed E-state index contributed by atoms with van der Waals surface area (Å²) in [5.41, 5.74) is 9.74. The second kappa shape index (κ2) is 15.5. The van der Waals surface area contributed by atoms with Crippen LogP contribution < -0.4 is 25.6 Å². The largest absolute Gasteiger partial charge is 0.456 e. The van der Waals surface area contributed by atoms with Gasteiger partial charge in [0.05, 0.1) is 5.69 Å². The van der Waals surface area contributed by atoms with Crippen molar-refractivity contribution < 1.29 is 4.42 Å². The Labute approximate surface area is 357 Å². The second-order valence-corrected chi connectivity index (χ2v) is 19.4. The molecule has 11 rings (SSSR count). The molecular weight excluding hydrogens is 755 g/mol. The molecule has 3 heteroatoms. The van der Waals surface area contributed by atoms with Gasteiger partial charge in [0, 0.05) is 27.7 Å². The van der Waals surface area contributed by atoms with Gasteiger partial charge < -0.3 is 9.32 Å². The minimum atomic E-state index is -2.70. The summed E-state index contributed by atoms with van der Waals surface area (Å²) in [6, 6.07) is 90.7. The lowest BCUT2D eigenvalue weighted by Gasteiger charge is -2.35. The van der Waals surface area contributed by atoms with Crippen LogP contribution in [-0.2, 0) is 0 Å². The average molecular weight is 796 g/mol. The van der Waals surface area contributed by atoms with Crippen molar-refractivity contribution in [2.45, 2.75) is 0 Å². The smallest absolute Gasteiger partial charge is 0.179 e. The maximum absolute atomic E-state index is 6.30. The second-order valence-electron chi connectivity index (χ2n) is 15.6. The molecule has 1 heterocycles. The van der Waals surface area contributed by atoms with Gasteiger partial charge >= 0.3 is 0 Å². The monoisotopic (exact) mass is 795 g/mol. The Balaban J connectivity index is 1.09. The van der Waals surface area contributed by atoms with Crippen LogP contribution in [0.3, 0.4) is 0 Å². The molecule has 11 aromatic rings. The quantitative estimate of drug-likeness (QED) is 0.107. The molecule has 0 unspecified atom stereocenters. The standard InChI is InChI=1S/C58H41NOSi/c1-6-18-42(19-7-1)53-40-45(44-31-30-43-33-39-57-58(54(43)41-44)52-28-16-17-29-56(52)60-57)32-38-55(53)59(46-20-8-2-9-21-46)47-34-36-51(37-35-47)61(48-22-10-3-11-23-48,49-24-12-4-13-25-49)50-26-14-5-15-27-50/h1-41H. The average Bonchev–Trinajstić information content (AvgIpc) is 3.73. The summed E-state index contributed by atoms with van der Waals surface area (Å²) in [6.07, 6.45) is 0. The van der Waals surface area contributed by atoms with E-state index in [2.05, 4.69) is 248 Å². The number of benzene rings is 10. The first kappa shape index (κ1) is 36.4. The third-order valence-corrected chi connectivity index (χ3v) is 17.0. The maximum atomic E-state index is 6.30. The number of hydrogen-bond donors (Lipinski definition) is 0. The normalized spacial score (nSPS) is 11.6. The fourth-order valence-corrected chi connectivity index (χ4v) is 14.2. The molecule has 0 aliphatic rings. The van der Waals surface area contributed by atoms with Crippen LogP contribution >= 0.6 is 0 Å². The van der Waals surface area contributed by atoms with Crippen molar-refractivity contribution in [3.8, 4) is 22.3 Å². The molecule has 0 saturated carbocycles. The van der Waals surface area contributed by atoms with Crippen molar-refractivity contribution in [2.24, 2.45) is 0 Å². The van der Waals surface area contributed by atoms with Gasteiger partial charge in [-0.3, -0.25) is 0 Å². The highest BCUT2D eigenvalue weighted by atomic mass is 28.3. The number of para-hydroxylation sites is 2. The molecule has 0 spiro atoms. The highest BCUT2D eigenvalue weighted by Crippen LogP contribution is 2.43. The summed E-state index contributed by atoms with van der Waals surface area (Å²) in [7, 11) is -2.70. The summed E-state index contributed by atoms with van der Waals surface area (Å²) >= 11 is 0. The van der Waals surface area contributed by atoms with E-state index < -0.39 is 8.07 Å². The van der Waals surface area contributed by atoms with Crippen molar-refractivity contribution in [2.75, 3.05) is 4.90 Å². The van der Waals surface area contributed by atoms with Crippen LogP contribution in [0.1, 0.15) is 0 Å². The molecule has 0 aliphatic heterocycles. The molecule has 0 aliphatic carbocycles. The number of anilines is 3. The van der Waals surface area contributed by atoms with Gasteiger partial charge in [-0.1, -0.05) is 194 Å². The van der Waals surface area contributed by atoms with E-state index in [1.54, 1.807) is 0 Å². The van der Waals surface area contributed by atoms with Crippen LogP contribution in [0.25, 0.3) is 55.0 Å². The van der Waals surface area contributed by atoms with E-state index in [-0.39, 0.29) is 0 Å². The molecule has 1 aromatic heterocycles. The van der Waals surface area contributed by atoms with Gasteiger partial charge in [-0.05, 0) is 103 Å². The molecule has 0 amide bonds. The van der Waals surface area contributed by atoms with Gasteiger partial charge in [-0.15, -0.1) is 0 Å². The van der Waals surface area contributed by atoms with Crippen LogP contribution in [0, 0.1) is 0 Å². The Morgan fingerprint density at radius 2 is 0.820 bits per heavy atom. The maximum Gasteiger partial charge on any atom is 0.179 e. The van der Waals surface area contributed by atoms with Crippen LogP contribution in [0.2, 0.25) is 0 Å². The Morgan fingerprint density at radius 3 is 1.46 bits per heavy atom. The van der Waals surface area contributed by atoms with Gasteiger partial charge in [-0.2, -0.15) is 0 Å². The molecule has 10 aromatic carbocycles. The summed E-state index contributed by atoms with van der Waals surface area (Å²) in [6.45, 7) is 0. The minimum absolute atomic E-state index is 0.909. The van der Waals surface area contributed by atoms with E-state index in [1.807, 2.05) is 6.07 Å². The number of fused-ring (bicyclic) bond motifs is 5. The van der Waals surface area contributed by atoms with Crippen LogP contribution in [0.15, 0.2) is 253 Å². The van der Waals surface area contributed by atoms with Gasteiger partial charge in [0.1, 0.15) is 11.2 Å². The summed E-state index contributed by atoms with van der Waals surface area (Å²) in [4.78, 5) is 2.41. The van der Waals surface area contributed by atoms with E-state index in [1.165, 1.54) is 31.5 Å². The predicted molar refractivity (Wildman–Crippen MR) is 260 cm³/mol. The van der Waals surface area contributed by atoms with Crippen molar-refractivity contribution in [3.63, 3.8) is 0 Å². The molecule has 2 nitrogen and oxygen atoms in total. The van der Waals surface area contributed by atoms with Crippen LogP contribution in [-0.4, -0.2) is 8.07 Å². The van der Waals surface area contributed by atoms with Gasteiger partial charge in [0.15, 0.2) is 8.07 Å². The number of hydrogen-bond acceptors (Lipinski definition) is 2. The highest BCUT2D eigenvalue weighted by Gasteiger charge is 2.41. The van der Waals surface area contributed by atoms with Crippen molar-refractivity contribution >= 4 is 78.6 Å². The number of rotatable bonds is 9. The molecule has 0 atom stereocenters. The highest BCUT2D eigenvalue weighted by molar-refractivity contribution is 7.19. The van der Waals surface area contributed by atoms with E-state index in [0.29, 0.717) is 0 Å². The van der Waals surface area contributed by atoms with Crippen molar-refractivity contribution in [1.29, 1.82) is 0 Å². The molecule has 0 radical (unpaired) electrons. The third-order valence-electron chi connectivity index (χ3n) is 12.2. The van der Waals surface area contributed by atoms with Crippen molar-refractivity contribution in [3.05, 3.63) is 249 Å². The number of nitrogens with zero attached hydrogens (tertiary/aromatic N) is 1. The zero-order chi connectivity index (χ0) is 40.6.